The smallest absolute Gasteiger partial charge is 0.0894 e. The average Bonchev–Trinajstić information content (AvgIpc) is 3.53. The lowest BCUT2D eigenvalue weighted by molar-refractivity contribution is 0.991. The van der Waals surface area contributed by atoms with Crippen molar-refractivity contribution < 1.29 is 0 Å². The van der Waals surface area contributed by atoms with Crippen LogP contribution < -0.4 is 0 Å². The summed E-state index contributed by atoms with van der Waals surface area (Å²) >= 11 is 0. The quantitative estimate of drug-likeness (QED) is 0.188. The second-order valence-corrected chi connectivity index (χ2v) is 13.0. The van der Waals surface area contributed by atoms with Crippen molar-refractivity contribution >= 4 is 27.3 Å². The molecule has 0 fully saturated rings. The van der Waals surface area contributed by atoms with E-state index in [2.05, 4.69) is 145 Å². The second-order valence-electron chi connectivity index (χ2n) is 13.0. The Morgan fingerprint density at radius 3 is 1.76 bits per heavy atom. The maximum atomic E-state index is 4.99. The molecular formula is C47H31N3. The Morgan fingerprint density at radius 1 is 0.440 bits per heavy atom. The van der Waals surface area contributed by atoms with E-state index < -0.39 is 0 Å². The summed E-state index contributed by atoms with van der Waals surface area (Å²) < 4.78 is 0. The molecule has 0 atom stereocenters. The molecular weight excluding hydrogens is 607 g/mol. The topological polar surface area (TPSA) is 38.1 Å². The monoisotopic (exact) mass is 637 g/mol. The summed E-state index contributed by atoms with van der Waals surface area (Å²) in [6.45, 7) is 0.802. The van der Waals surface area contributed by atoms with Crippen LogP contribution in [0.5, 0.6) is 0 Å². The molecule has 1 aliphatic carbocycles. The lowest BCUT2D eigenvalue weighted by atomic mass is 9.82. The zero-order valence-corrected chi connectivity index (χ0v) is 27.3. The van der Waals surface area contributed by atoms with Crippen LogP contribution in [0.2, 0.25) is 0 Å². The number of fused-ring (bicyclic) bond motifs is 4. The molecule has 2 aromatic heterocycles. The summed E-state index contributed by atoms with van der Waals surface area (Å²) in [4.78, 5) is 14.5. The Balaban J connectivity index is 1.21. The van der Waals surface area contributed by atoms with Crippen molar-refractivity contribution in [2.24, 2.45) is 4.99 Å². The molecule has 3 nitrogen and oxygen atoms in total. The zero-order valence-electron chi connectivity index (χ0n) is 27.3. The minimum atomic E-state index is 0.802. The van der Waals surface area contributed by atoms with E-state index in [1.54, 1.807) is 0 Å². The van der Waals surface area contributed by atoms with Crippen molar-refractivity contribution in [2.45, 2.75) is 6.42 Å². The van der Waals surface area contributed by atoms with Crippen molar-refractivity contribution in [3.8, 4) is 67.0 Å². The first kappa shape index (κ1) is 28.6. The lowest BCUT2D eigenvalue weighted by Gasteiger charge is -2.20. The van der Waals surface area contributed by atoms with Crippen LogP contribution in [0, 0.1) is 0 Å². The van der Waals surface area contributed by atoms with Gasteiger partial charge in [-0.3, -0.25) is 9.98 Å². The fraction of sp³-hybridized carbons (Fsp3) is 0.0426. The van der Waals surface area contributed by atoms with Gasteiger partial charge in [0.25, 0.3) is 0 Å². The highest BCUT2D eigenvalue weighted by atomic mass is 14.8. The number of benzene rings is 6. The Labute approximate surface area is 291 Å². The summed E-state index contributed by atoms with van der Waals surface area (Å²) in [7, 11) is 0. The summed E-state index contributed by atoms with van der Waals surface area (Å²) in [6.07, 6.45) is 7.12. The standard InChI is InChI=1S/C47H31N3/c1-3-13-30(14-4-1)43-35-17-7-8-18-36(35)44(31-15-5-2-6-16-31)47-38-25-24-33(34-19-11-20-37(45(34)38)46(43)47)32-26-28-49-42(29-32)41-23-12-22-40(50-41)39-21-9-10-27-48-39/h1-9,11-26,28-29H,10,27H2. The van der Waals surface area contributed by atoms with Gasteiger partial charge in [-0.05, 0) is 114 Å². The van der Waals surface area contributed by atoms with E-state index in [4.69, 9.17) is 9.97 Å². The van der Waals surface area contributed by atoms with Gasteiger partial charge in [0, 0.05) is 12.7 Å². The first-order chi connectivity index (χ1) is 24.8. The average molecular weight is 638 g/mol. The van der Waals surface area contributed by atoms with Crippen molar-refractivity contribution in [3.63, 3.8) is 0 Å². The van der Waals surface area contributed by atoms with E-state index in [1.165, 1.54) is 71.6 Å². The van der Waals surface area contributed by atoms with E-state index in [9.17, 15) is 0 Å². The number of nitrogens with zero attached hydrogens (tertiary/aromatic N) is 3. The highest BCUT2D eigenvalue weighted by Crippen LogP contribution is 2.58. The predicted molar refractivity (Wildman–Crippen MR) is 208 cm³/mol. The highest BCUT2D eigenvalue weighted by molar-refractivity contribution is 6.28. The molecule has 50 heavy (non-hydrogen) atoms. The third-order valence-corrected chi connectivity index (χ3v) is 10.1. The molecule has 10 rings (SSSR count). The summed E-state index contributed by atoms with van der Waals surface area (Å²) in [5.41, 5.74) is 16.0. The summed E-state index contributed by atoms with van der Waals surface area (Å²) in [6, 6.07) is 52.5. The highest BCUT2D eigenvalue weighted by Gasteiger charge is 2.31. The Bertz CT molecular complexity index is 2600. The van der Waals surface area contributed by atoms with Crippen molar-refractivity contribution in [3.05, 3.63) is 170 Å². The van der Waals surface area contributed by atoms with Crippen LogP contribution in [0.25, 0.3) is 88.6 Å². The van der Waals surface area contributed by atoms with E-state index in [0.717, 1.165) is 41.3 Å². The largest absolute Gasteiger partial charge is 0.283 e. The molecule has 0 amide bonds. The first-order valence-electron chi connectivity index (χ1n) is 17.2. The minimum absolute atomic E-state index is 0.802. The maximum Gasteiger partial charge on any atom is 0.0894 e. The fourth-order valence-electron chi connectivity index (χ4n) is 7.99. The molecule has 3 heteroatoms. The molecule has 0 radical (unpaired) electrons. The molecule has 0 saturated carbocycles. The molecule has 0 saturated heterocycles. The van der Waals surface area contributed by atoms with Crippen LogP contribution in [0.4, 0.5) is 0 Å². The number of hydrogen-bond acceptors (Lipinski definition) is 3. The SMILES string of the molecule is C1=CC(c2cccc(-c3cc(-c4ccc5c6c(cccc46)-c4c-5c(-c5ccccc5)c5ccccc5c4-c4ccccc4)ccn3)n2)=NCC1. The van der Waals surface area contributed by atoms with Crippen LogP contribution in [-0.4, -0.2) is 22.2 Å². The zero-order chi connectivity index (χ0) is 33.0. The molecule has 1 aliphatic heterocycles. The number of pyridine rings is 2. The van der Waals surface area contributed by atoms with Crippen molar-refractivity contribution in [1.29, 1.82) is 0 Å². The first-order valence-corrected chi connectivity index (χ1v) is 17.2. The van der Waals surface area contributed by atoms with E-state index in [-0.39, 0.29) is 0 Å². The molecule has 6 aromatic carbocycles. The van der Waals surface area contributed by atoms with E-state index in [0.29, 0.717) is 0 Å². The molecule has 8 aromatic rings. The van der Waals surface area contributed by atoms with E-state index in [1.807, 2.05) is 24.4 Å². The van der Waals surface area contributed by atoms with Gasteiger partial charge >= 0.3 is 0 Å². The number of allylic oxidation sites excluding steroid dienone is 1. The van der Waals surface area contributed by atoms with Gasteiger partial charge in [0.1, 0.15) is 0 Å². The predicted octanol–water partition coefficient (Wildman–Crippen LogP) is 11.8. The van der Waals surface area contributed by atoms with Crippen LogP contribution in [0.1, 0.15) is 12.1 Å². The van der Waals surface area contributed by atoms with Gasteiger partial charge in [0.15, 0.2) is 0 Å². The van der Waals surface area contributed by atoms with Gasteiger partial charge in [-0.2, -0.15) is 0 Å². The van der Waals surface area contributed by atoms with Crippen molar-refractivity contribution in [2.75, 3.05) is 6.54 Å². The van der Waals surface area contributed by atoms with Gasteiger partial charge < -0.3 is 0 Å². The number of rotatable bonds is 5. The lowest BCUT2D eigenvalue weighted by Crippen LogP contribution is -2.05. The Hall–Kier alpha value is -6.45. The van der Waals surface area contributed by atoms with Gasteiger partial charge in [-0.25, -0.2) is 4.98 Å². The van der Waals surface area contributed by atoms with Gasteiger partial charge in [-0.1, -0.05) is 127 Å². The molecule has 0 bridgehead atoms. The van der Waals surface area contributed by atoms with Crippen LogP contribution >= 0.6 is 0 Å². The Kier molecular flexibility index (Phi) is 6.63. The summed E-state index contributed by atoms with van der Waals surface area (Å²) in [5.74, 6) is 0. The molecule has 2 aliphatic rings. The van der Waals surface area contributed by atoms with Crippen LogP contribution in [-0.2, 0) is 0 Å². The van der Waals surface area contributed by atoms with Crippen LogP contribution in [0.3, 0.4) is 0 Å². The van der Waals surface area contributed by atoms with Gasteiger partial charge in [-0.15, -0.1) is 0 Å². The van der Waals surface area contributed by atoms with Gasteiger partial charge in [0.05, 0.1) is 22.8 Å². The minimum Gasteiger partial charge on any atom is -0.283 e. The number of aliphatic imine (C=N–C) groups is 1. The maximum absolute atomic E-state index is 4.99. The third kappa shape index (κ3) is 4.48. The number of aromatic nitrogens is 2. The van der Waals surface area contributed by atoms with E-state index >= 15 is 0 Å². The molecule has 0 N–H and O–H groups in total. The fourth-order valence-corrected chi connectivity index (χ4v) is 7.99. The number of hydrogen-bond donors (Lipinski definition) is 0. The van der Waals surface area contributed by atoms with Gasteiger partial charge in [0.2, 0.25) is 0 Å². The summed E-state index contributed by atoms with van der Waals surface area (Å²) in [5, 5.41) is 5.07. The third-order valence-electron chi connectivity index (χ3n) is 10.1. The van der Waals surface area contributed by atoms with Crippen LogP contribution in [0.15, 0.2) is 169 Å². The molecule has 234 valence electrons. The molecule has 0 unspecified atom stereocenters. The van der Waals surface area contributed by atoms with Crippen molar-refractivity contribution in [1.82, 2.24) is 9.97 Å². The number of dihydropyridines is 1. The molecule has 3 heterocycles. The normalized spacial score (nSPS) is 13.1. The molecule has 0 spiro atoms. The second kappa shape index (κ2) is 11.6. The Morgan fingerprint density at radius 2 is 1.06 bits per heavy atom.